The van der Waals surface area contributed by atoms with Crippen LogP contribution in [0.1, 0.15) is 17.1 Å². The first-order valence-corrected chi connectivity index (χ1v) is 13.3. The number of benzene rings is 2. The Balaban J connectivity index is 1.33. The fraction of sp³-hybridized carbons (Fsp3) is 0.125. The summed E-state index contributed by atoms with van der Waals surface area (Å²) in [4.78, 5) is 5.99. The summed E-state index contributed by atoms with van der Waals surface area (Å²) in [5.41, 5.74) is 2.22. The van der Waals surface area contributed by atoms with Crippen LogP contribution < -0.4 is 4.74 Å². The summed E-state index contributed by atoms with van der Waals surface area (Å²) in [5.74, 6) is 2.24. The first kappa shape index (κ1) is 22.2. The van der Waals surface area contributed by atoms with Crippen molar-refractivity contribution in [3.05, 3.63) is 99.6 Å². The Kier molecular flexibility index (Phi) is 7.06. The van der Waals surface area contributed by atoms with Crippen LogP contribution >= 0.6 is 46.0 Å². The second-order valence-corrected chi connectivity index (χ2v) is 10.3. The van der Waals surface area contributed by atoms with Gasteiger partial charge in [-0.3, -0.25) is 4.57 Å². The van der Waals surface area contributed by atoms with Crippen LogP contribution in [0.15, 0.2) is 82.6 Å². The predicted molar refractivity (Wildman–Crippen MR) is 136 cm³/mol. The maximum Gasteiger partial charge on any atom is 0.192 e. The Hall–Kier alpha value is -2.65. The van der Waals surface area contributed by atoms with Gasteiger partial charge in [0.2, 0.25) is 0 Å². The molecule has 0 saturated carbocycles. The van der Waals surface area contributed by atoms with Crippen molar-refractivity contribution in [1.29, 1.82) is 0 Å². The molecule has 3 heterocycles. The highest BCUT2D eigenvalue weighted by Gasteiger charge is 2.15. The molecule has 0 fully saturated rings. The molecule has 0 amide bonds. The number of thioether (sulfide) groups is 1. The van der Waals surface area contributed by atoms with Crippen LogP contribution in [0.4, 0.5) is 0 Å². The lowest BCUT2D eigenvalue weighted by atomic mass is 10.2. The summed E-state index contributed by atoms with van der Waals surface area (Å²) in [6.45, 7) is 0.994. The van der Waals surface area contributed by atoms with Gasteiger partial charge in [-0.2, -0.15) is 0 Å². The molecule has 0 atom stereocenters. The second-order valence-electron chi connectivity index (χ2n) is 7.12. The fourth-order valence-corrected chi connectivity index (χ4v) is 5.88. The van der Waals surface area contributed by atoms with E-state index in [9.17, 15) is 0 Å². The highest BCUT2D eigenvalue weighted by Crippen LogP contribution is 2.30. The Morgan fingerprint density at radius 3 is 2.58 bits per heavy atom. The third-order valence-electron chi connectivity index (χ3n) is 4.79. The first-order chi connectivity index (χ1) is 16.2. The number of ether oxygens (including phenoxy) is 1. The van der Waals surface area contributed by atoms with Gasteiger partial charge in [0.1, 0.15) is 17.4 Å². The molecular weight excluding hydrogens is 492 g/mol. The van der Waals surface area contributed by atoms with E-state index < -0.39 is 0 Å². The van der Waals surface area contributed by atoms with Gasteiger partial charge in [0.15, 0.2) is 11.0 Å². The van der Waals surface area contributed by atoms with Gasteiger partial charge in [0.25, 0.3) is 0 Å². The number of thiophene rings is 1. The second kappa shape index (κ2) is 10.5. The summed E-state index contributed by atoms with van der Waals surface area (Å²) >= 11 is 11.0. The molecule has 5 rings (SSSR count). The Morgan fingerprint density at radius 2 is 1.79 bits per heavy atom. The van der Waals surface area contributed by atoms with E-state index in [-0.39, 0.29) is 0 Å². The highest BCUT2D eigenvalue weighted by atomic mass is 35.5. The normalized spacial score (nSPS) is 11.1. The zero-order valence-electron chi connectivity index (χ0n) is 17.4. The molecule has 9 heteroatoms. The van der Waals surface area contributed by atoms with Crippen LogP contribution in [-0.4, -0.2) is 19.7 Å². The van der Waals surface area contributed by atoms with Crippen molar-refractivity contribution in [2.45, 2.75) is 24.1 Å². The quantitative estimate of drug-likeness (QED) is 0.199. The first-order valence-electron chi connectivity index (χ1n) is 10.2. The van der Waals surface area contributed by atoms with Gasteiger partial charge in [-0.1, -0.05) is 59.8 Å². The van der Waals surface area contributed by atoms with E-state index in [4.69, 9.17) is 21.3 Å². The summed E-state index contributed by atoms with van der Waals surface area (Å²) in [5, 5.41) is 15.7. The van der Waals surface area contributed by atoms with Crippen molar-refractivity contribution >= 4 is 46.0 Å². The van der Waals surface area contributed by atoms with Gasteiger partial charge < -0.3 is 4.74 Å². The Morgan fingerprint density at radius 1 is 0.939 bits per heavy atom. The van der Waals surface area contributed by atoms with Crippen LogP contribution in [0.3, 0.4) is 0 Å². The molecule has 0 spiro atoms. The molecule has 0 aliphatic rings. The van der Waals surface area contributed by atoms with Crippen LogP contribution in [0.5, 0.6) is 5.75 Å². The van der Waals surface area contributed by atoms with Crippen LogP contribution in [-0.2, 0) is 18.9 Å². The highest BCUT2D eigenvalue weighted by molar-refractivity contribution is 7.98. The van der Waals surface area contributed by atoms with E-state index >= 15 is 0 Å². The zero-order chi connectivity index (χ0) is 22.5. The number of hydrogen-bond acceptors (Lipinski definition) is 7. The minimum absolute atomic E-state index is 0.321. The van der Waals surface area contributed by atoms with E-state index in [0.29, 0.717) is 18.2 Å². The molecule has 0 N–H and O–H groups in total. The average molecular weight is 511 g/mol. The van der Waals surface area contributed by atoms with Crippen molar-refractivity contribution in [3.8, 4) is 15.6 Å². The van der Waals surface area contributed by atoms with Crippen LogP contribution in [0.2, 0.25) is 5.02 Å². The minimum atomic E-state index is 0.321. The van der Waals surface area contributed by atoms with E-state index in [0.717, 1.165) is 33.2 Å². The largest absolute Gasteiger partial charge is 0.486 e. The lowest BCUT2D eigenvalue weighted by Crippen LogP contribution is -2.09. The molecule has 0 bridgehead atoms. The Labute approximate surface area is 209 Å². The summed E-state index contributed by atoms with van der Waals surface area (Å²) in [7, 11) is 0. The van der Waals surface area contributed by atoms with Crippen molar-refractivity contribution in [1.82, 2.24) is 19.7 Å². The SMILES string of the molecule is Clc1ccc(OCc2nnc(SCc3csc(-c4cccs4)n3)n2Cc2ccccc2)cc1. The lowest BCUT2D eigenvalue weighted by molar-refractivity contribution is 0.289. The average Bonchev–Trinajstić information content (AvgIpc) is 3.60. The molecule has 5 aromatic rings. The molecule has 2 aromatic carbocycles. The maximum atomic E-state index is 5.97. The van der Waals surface area contributed by atoms with E-state index in [1.54, 1.807) is 34.4 Å². The number of aromatic nitrogens is 4. The molecule has 0 aliphatic carbocycles. The monoisotopic (exact) mass is 510 g/mol. The standard InChI is InChI=1S/C24H19ClN4OS3/c25-18-8-10-20(11-9-18)30-14-22-27-28-24(29(22)13-17-5-2-1-3-6-17)33-16-19-15-32-23(26-19)21-7-4-12-31-21/h1-12,15H,13-14,16H2. The van der Waals surface area contributed by atoms with Crippen molar-refractivity contribution in [3.63, 3.8) is 0 Å². The van der Waals surface area contributed by atoms with Crippen molar-refractivity contribution < 1.29 is 4.74 Å². The smallest absolute Gasteiger partial charge is 0.192 e. The lowest BCUT2D eigenvalue weighted by Gasteiger charge is -2.11. The number of thiazole rings is 1. The van der Waals surface area contributed by atoms with Crippen molar-refractivity contribution in [2.75, 3.05) is 0 Å². The predicted octanol–water partition coefficient (Wildman–Crippen LogP) is 7.04. The molecule has 5 nitrogen and oxygen atoms in total. The van der Waals surface area contributed by atoms with Gasteiger partial charge in [0.05, 0.1) is 17.1 Å². The summed E-state index contributed by atoms with van der Waals surface area (Å²) in [6.07, 6.45) is 0. The van der Waals surface area contributed by atoms with Crippen LogP contribution in [0, 0.1) is 0 Å². The molecule has 0 saturated heterocycles. The van der Waals surface area contributed by atoms with Crippen molar-refractivity contribution in [2.24, 2.45) is 0 Å². The summed E-state index contributed by atoms with van der Waals surface area (Å²) < 4.78 is 8.06. The molecule has 0 unspecified atom stereocenters. The molecule has 0 aliphatic heterocycles. The summed E-state index contributed by atoms with van der Waals surface area (Å²) in [6, 6.07) is 21.8. The topological polar surface area (TPSA) is 52.8 Å². The molecule has 3 aromatic heterocycles. The van der Waals surface area contributed by atoms with Gasteiger partial charge in [-0.05, 0) is 41.3 Å². The molecule has 0 radical (unpaired) electrons. The van der Waals surface area contributed by atoms with Crippen LogP contribution in [0.25, 0.3) is 9.88 Å². The van der Waals surface area contributed by atoms with Gasteiger partial charge in [-0.25, -0.2) is 4.98 Å². The van der Waals surface area contributed by atoms with E-state index in [1.807, 2.05) is 42.5 Å². The number of nitrogens with zero attached hydrogens (tertiary/aromatic N) is 4. The minimum Gasteiger partial charge on any atom is -0.486 e. The molecule has 33 heavy (non-hydrogen) atoms. The van der Waals surface area contributed by atoms with Gasteiger partial charge in [-0.15, -0.1) is 32.9 Å². The fourth-order valence-electron chi connectivity index (χ4n) is 3.16. The third kappa shape index (κ3) is 5.65. The van der Waals surface area contributed by atoms with Gasteiger partial charge in [0, 0.05) is 16.2 Å². The van der Waals surface area contributed by atoms with E-state index in [2.05, 4.69) is 49.8 Å². The molecule has 166 valence electrons. The number of hydrogen-bond donors (Lipinski definition) is 0. The number of halogens is 1. The number of rotatable bonds is 9. The van der Waals surface area contributed by atoms with Gasteiger partial charge >= 0.3 is 0 Å². The zero-order valence-corrected chi connectivity index (χ0v) is 20.6. The molecular formula is C24H19ClN4OS3. The third-order valence-corrected chi connectivity index (χ3v) is 7.97. The Bertz CT molecular complexity index is 1300. The maximum absolute atomic E-state index is 5.97. The van der Waals surface area contributed by atoms with E-state index in [1.165, 1.54) is 10.4 Å².